The number of nitrogens with one attached hydrogen (secondary N) is 1. The predicted molar refractivity (Wildman–Crippen MR) is 75.9 cm³/mol. The van der Waals surface area contributed by atoms with Crippen LogP contribution in [0.15, 0.2) is 0 Å². The Morgan fingerprint density at radius 3 is 2.58 bits per heavy atom. The van der Waals surface area contributed by atoms with Gasteiger partial charge in [-0.25, -0.2) is 9.29 Å². The second kappa shape index (κ2) is 5.69. The van der Waals surface area contributed by atoms with E-state index in [4.69, 9.17) is 0 Å². The SMILES string of the molecule is CC1CCN2CC(C)[NH+](CC3CCC(F)CC3)C2C1. The highest BCUT2D eigenvalue weighted by Crippen LogP contribution is 2.27. The van der Waals surface area contributed by atoms with Crippen molar-refractivity contribution in [3.63, 3.8) is 0 Å². The lowest BCUT2D eigenvalue weighted by Crippen LogP contribution is -3.18. The third-order valence-corrected chi connectivity index (χ3v) is 5.85. The van der Waals surface area contributed by atoms with E-state index in [1.807, 2.05) is 4.90 Å². The number of fused-ring (bicyclic) bond motifs is 1. The molecule has 1 saturated carbocycles. The molecule has 1 aliphatic carbocycles. The van der Waals surface area contributed by atoms with E-state index >= 15 is 0 Å². The minimum atomic E-state index is -0.506. The van der Waals surface area contributed by atoms with Crippen LogP contribution in [0.3, 0.4) is 0 Å². The molecule has 110 valence electrons. The molecule has 3 rings (SSSR count). The quantitative estimate of drug-likeness (QED) is 0.804. The number of hydrogen-bond acceptors (Lipinski definition) is 1. The Kier molecular flexibility index (Phi) is 4.14. The number of nitrogens with zero attached hydrogens (tertiary/aromatic N) is 1. The van der Waals surface area contributed by atoms with Gasteiger partial charge in [0, 0.05) is 18.9 Å². The number of hydrogen-bond donors (Lipinski definition) is 1. The van der Waals surface area contributed by atoms with Gasteiger partial charge in [0.1, 0.15) is 12.3 Å². The van der Waals surface area contributed by atoms with Crippen LogP contribution < -0.4 is 4.90 Å². The summed E-state index contributed by atoms with van der Waals surface area (Å²) >= 11 is 0. The molecule has 0 aromatic heterocycles. The smallest absolute Gasteiger partial charge is 0.144 e. The van der Waals surface area contributed by atoms with Crippen molar-refractivity contribution >= 4 is 0 Å². The van der Waals surface area contributed by atoms with Gasteiger partial charge in [-0.3, -0.25) is 0 Å². The van der Waals surface area contributed by atoms with Gasteiger partial charge >= 0.3 is 0 Å². The molecule has 2 aliphatic heterocycles. The molecular formula is C16H30FN2+. The standard InChI is InChI=1S/C16H29FN2/c1-12-7-8-18-10-13(2)19(16(18)9-12)11-14-3-5-15(17)6-4-14/h12-16H,3-11H2,1-2H3/p+1. The Morgan fingerprint density at radius 1 is 1.11 bits per heavy atom. The monoisotopic (exact) mass is 269 g/mol. The van der Waals surface area contributed by atoms with E-state index in [0.29, 0.717) is 0 Å². The summed E-state index contributed by atoms with van der Waals surface area (Å²) < 4.78 is 13.3. The van der Waals surface area contributed by atoms with Crippen LogP contribution in [-0.2, 0) is 0 Å². The van der Waals surface area contributed by atoms with Crippen molar-refractivity contribution in [2.45, 2.75) is 70.8 Å². The van der Waals surface area contributed by atoms with Crippen LogP contribution in [0.2, 0.25) is 0 Å². The van der Waals surface area contributed by atoms with Gasteiger partial charge in [0.25, 0.3) is 0 Å². The second-order valence-electron chi connectivity index (χ2n) is 7.44. The van der Waals surface area contributed by atoms with Crippen LogP contribution in [-0.4, -0.2) is 42.9 Å². The maximum Gasteiger partial charge on any atom is 0.144 e. The fourth-order valence-corrected chi connectivity index (χ4v) is 4.59. The van der Waals surface area contributed by atoms with Crippen LogP contribution in [0.5, 0.6) is 0 Å². The van der Waals surface area contributed by atoms with E-state index in [-0.39, 0.29) is 0 Å². The van der Waals surface area contributed by atoms with Crippen molar-refractivity contribution in [3.05, 3.63) is 0 Å². The van der Waals surface area contributed by atoms with Gasteiger partial charge < -0.3 is 4.90 Å². The molecule has 3 fully saturated rings. The van der Waals surface area contributed by atoms with E-state index in [9.17, 15) is 4.39 Å². The normalized spacial score (nSPS) is 48.2. The summed E-state index contributed by atoms with van der Waals surface area (Å²) in [6.07, 6.45) is 6.89. The number of quaternary nitrogens is 1. The van der Waals surface area contributed by atoms with Crippen LogP contribution in [0.4, 0.5) is 4.39 Å². The summed E-state index contributed by atoms with van der Waals surface area (Å²) in [4.78, 5) is 4.54. The Bertz CT molecular complexity index is 301. The molecule has 0 aromatic carbocycles. The fourth-order valence-electron chi connectivity index (χ4n) is 4.59. The molecule has 2 nitrogen and oxygen atoms in total. The maximum absolute atomic E-state index is 13.3. The summed E-state index contributed by atoms with van der Waals surface area (Å²) in [6, 6.07) is 0.776. The summed E-state index contributed by atoms with van der Waals surface area (Å²) in [5, 5.41) is 0. The van der Waals surface area contributed by atoms with Gasteiger partial charge in [0.05, 0.1) is 19.1 Å². The molecule has 2 saturated heterocycles. The molecule has 0 amide bonds. The summed E-state index contributed by atoms with van der Waals surface area (Å²) in [7, 11) is 0. The number of alkyl halides is 1. The van der Waals surface area contributed by atoms with E-state index in [2.05, 4.69) is 18.7 Å². The molecule has 19 heavy (non-hydrogen) atoms. The minimum absolute atomic E-state index is 0.506. The van der Waals surface area contributed by atoms with Crippen LogP contribution in [0.25, 0.3) is 0 Å². The zero-order chi connectivity index (χ0) is 13.4. The lowest BCUT2D eigenvalue weighted by atomic mass is 9.87. The zero-order valence-corrected chi connectivity index (χ0v) is 12.6. The molecule has 3 heteroatoms. The van der Waals surface area contributed by atoms with Crippen molar-refractivity contribution in [3.8, 4) is 0 Å². The highest BCUT2D eigenvalue weighted by molar-refractivity contribution is 4.81. The van der Waals surface area contributed by atoms with Crippen molar-refractivity contribution < 1.29 is 9.29 Å². The number of rotatable bonds is 2. The average molecular weight is 269 g/mol. The summed E-state index contributed by atoms with van der Waals surface area (Å²) in [5.41, 5.74) is 0. The van der Waals surface area contributed by atoms with Gasteiger partial charge in [-0.15, -0.1) is 0 Å². The van der Waals surface area contributed by atoms with E-state index in [0.717, 1.165) is 49.7 Å². The van der Waals surface area contributed by atoms with Gasteiger partial charge in [-0.05, 0) is 44.9 Å². The molecule has 0 radical (unpaired) electrons. The number of piperidine rings is 1. The second-order valence-corrected chi connectivity index (χ2v) is 7.44. The molecule has 4 unspecified atom stereocenters. The van der Waals surface area contributed by atoms with E-state index in [1.165, 1.54) is 32.5 Å². The molecule has 1 N–H and O–H groups in total. The Labute approximate surface area is 117 Å². The van der Waals surface area contributed by atoms with Gasteiger partial charge in [0.2, 0.25) is 0 Å². The lowest BCUT2D eigenvalue weighted by Gasteiger charge is -2.36. The topological polar surface area (TPSA) is 7.68 Å². The zero-order valence-electron chi connectivity index (χ0n) is 12.6. The van der Waals surface area contributed by atoms with Crippen molar-refractivity contribution in [2.24, 2.45) is 11.8 Å². The minimum Gasteiger partial charge on any atom is -0.316 e. The molecule has 3 aliphatic rings. The van der Waals surface area contributed by atoms with Gasteiger partial charge in [0.15, 0.2) is 0 Å². The van der Waals surface area contributed by atoms with E-state index in [1.54, 1.807) is 0 Å². The van der Waals surface area contributed by atoms with E-state index < -0.39 is 6.17 Å². The van der Waals surface area contributed by atoms with Crippen molar-refractivity contribution in [1.29, 1.82) is 0 Å². The molecular weight excluding hydrogens is 239 g/mol. The van der Waals surface area contributed by atoms with Gasteiger partial charge in [-0.1, -0.05) is 6.92 Å². The van der Waals surface area contributed by atoms with Crippen LogP contribution in [0, 0.1) is 11.8 Å². The summed E-state index contributed by atoms with van der Waals surface area (Å²) in [5.74, 6) is 1.67. The fraction of sp³-hybridized carbons (Fsp3) is 1.00. The Morgan fingerprint density at radius 2 is 1.84 bits per heavy atom. The average Bonchev–Trinajstić information content (AvgIpc) is 2.69. The molecule has 2 heterocycles. The molecule has 4 atom stereocenters. The highest BCUT2D eigenvalue weighted by atomic mass is 19.1. The predicted octanol–water partition coefficient (Wildman–Crippen LogP) is 1.86. The van der Waals surface area contributed by atoms with Crippen LogP contribution in [0.1, 0.15) is 52.4 Å². The van der Waals surface area contributed by atoms with Crippen molar-refractivity contribution in [1.82, 2.24) is 4.90 Å². The molecule has 0 bridgehead atoms. The maximum atomic E-state index is 13.3. The largest absolute Gasteiger partial charge is 0.316 e. The number of halogens is 1. The molecule has 0 spiro atoms. The first-order valence-electron chi connectivity index (χ1n) is 8.37. The third-order valence-electron chi connectivity index (χ3n) is 5.85. The summed E-state index contributed by atoms with van der Waals surface area (Å²) in [6.45, 7) is 8.70. The Balaban J connectivity index is 1.59. The highest BCUT2D eigenvalue weighted by Gasteiger charge is 2.44. The lowest BCUT2D eigenvalue weighted by molar-refractivity contribution is -0.943. The first-order valence-corrected chi connectivity index (χ1v) is 8.37. The van der Waals surface area contributed by atoms with Crippen LogP contribution >= 0.6 is 0 Å². The first-order chi connectivity index (χ1) is 9.13. The van der Waals surface area contributed by atoms with Gasteiger partial charge in [-0.2, -0.15) is 0 Å². The Hall–Kier alpha value is -0.150. The first kappa shape index (κ1) is 13.8. The molecule has 0 aromatic rings. The van der Waals surface area contributed by atoms with Crippen molar-refractivity contribution in [2.75, 3.05) is 19.6 Å². The third kappa shape index (κ3) is 2.97.